The zero-order valence-corrected chi connectivity index (χ0v) is 19.7. The lowest BCUT2D eigenvalue weighted by atomic mass is 9.47. The first-order chi connectivity index (χ1) is 13.7. The number of hydrogen-bond acceptors (Lipinski definition) is 2. The molecular weight excluding hydrogens is 356 g/mol. The Balaban J connectivity index is 1.49. The normalized spacial score (nSPS) is 46.5. The van der Waals surface area contributed by atoms with E-state index >= 15 is 0 Å². The Morgan fingerprint density at radius 3 is 2.48 bits per heavy atom. The van der Waals surface area contributed by atoms with Gasteiger partial charge in [0.05, 0.1) is 12.2 Å². The fourth-order valence-corrected chi connectivity index (χ4v) is 8.59. The lowest BCUT2D eigenvalue weighted by Gasteiger charge is -2.58. The average Bonchev–Trinajstić information content (AvgIpc) is 3.03. The van der Waals surface area contributed by atoms with Gasteiger partial charge in [-0.05, 0) is 111 Å². The van der Waals surface area contributed by atoms with Crippen LogP contribution in [0.5, 0.6) is 0 Å². The molecule has 0 radical (unpaired) electrons. The second-order valence-corrected chi connectivity index (χ2v) is 12.3. The van der Waals surface area contributed by atoms with Crippen LogP contribution >= 0.6 is 0 Å². The Kier molecular flexibility index (Phi) is 6.01. The summed E-state index contributed by atoms with van der Waals surface area (Å²) < 4.78 is 0. The summed E-state index contributed by atoms with van der Waals surface area (Å²) in [5.41, 5.74) is 2.44. The standard InChI is InChI=1S/C27H46O2/c1-17(2)25(29)11-6-18(3)22-9-10-23-21-8-7-19-16-20(28)12-14-26(19,4)24(21)13-15-27(22,23)5/h7,17-18,20-25,28-29H,6,8-16H2,1-5H3/t18-,20+,21?,22?,23?,24?,25?,26+,27-/m1/s1. The summed E-state index contributed by atoms with van der Waals surface area (Å²) >= 11 is 0. The van der Waals surface area contributed by atoms with Gasteiger partial charge in [0.15, 0.2) is 0 Å². The van der Waals surface area contributed by atoms with E-state index in [1.54, 1.807) is 5.57 Å². The van der Waals surface area contributed by atoms with Gasteiger partial charge in [0.2, 0.25) is 0 Å². The lowest BCUT2D eigenvalue weighted by molar-refractivity contribution is -0.0579. The van der Waals surface area contributed by atoms with Crippen molar-refractivity contribution in [3.63, 3.8) is 0 Å². The van der Waals surface area contributed by atoms with Gasteiger partial charge >= 0.3 is 0 Å². The lowest BCUT2D eigenvalue weighted by Crippen LogP contribution is -2.50. The van der Waals surface area contributed by atoms with Gasteiger partial charge < -0.3 is 10.2 Å². The quantitative estimate of drug-likeness (QED) is 0.525. The molecular formula is C27H46O2. The second-order valence-electron chi connectivity index (χ2n) is 12.3. The topological polar surface area (TPSA) is 40.5 Å². The van der Waals surface area contributed by atoms with E-state index in [9.17, 15) is 10.2 Å². The molecule has 29 heavy (non-hydrogen) atoms. The first-order valence-corrected chi connectivity index (χ1v) is 12.7. The third-order valence-corrected chi connectivity index (χ3v) is 10.5. The Morgan fingerprint density at radius 1 is 1.00 bits per heavy atom. The van der Waals surface area contributed by atoms with Crippen LogP contribution in [0.3, 0.4) is 0 Å². The van der Waals surface area contributed by atoms with Gasteiger partial charge in [-0.3, -0.25) is 0 Å². The Morgan fingerprint density at radius 2 is 1.76 bits per heavy atom. The maximum atomic E-state index is 10.3. The van der Waals surface area contributed by atoms with E-state index in [0.717, 1.165) is 48.9 Å². The van der Waals surface area contributed by atoms with E-state index < -0.39 is 0 Å². The third kappa shape index (κ3) is 3.65. The van der Waals surface area contributed by atoms with Crippen molar-refractivity contribution in [1.29, 1.82) is 0 Å². The van der Waals surface area contributed by atoms with Crippen LogP contribution in [-0.4, -0.2) is 22.4 Å². The smallest absolute Gasteiger partial charge is 0.0577 e. The molecule has 0 saturated heterocycles. The number of fused-ring (bicyclic) bond motifs is 5. The predicted molar refractivity (Wildman–Crippen MR) is 120 cm³/mol. The largest absolute Gasteiger partial charge is 0.393 e. The molecule has 166 valence electrons. The summed E-state index contributed by atoms with van der Waals surface area (Å²) in [5, 5.41) is 20.5. The molecule has 0 aromatic heterocycles. The highest BCUT2D eigenvalue weighted by atomic mass is 16.3. The fraction of sp³-hybridized carbons (Fsp3) is 0.926. The average molecular weight is 403 g/mol. The zero-order valence-electron chi connectivity index (χ0n) is 19.7. The summed E-state index contributed by atoms with van der Waals surface area (Å²) in [6.45, 7) is 11.9. The van der Waals surface area contributed by atoms with Crippen LogP contribution in [-0.2, 0) is 0 Å². The summed E-state index contributed by atoms with van der Waals surface area (Å²) in [7, 11) is 0. The third-order valence-electron chi connectivity index (χ3n) is 10.5. The van der Waals surface area contributed by atoms with E-state index in [-0.39, 0.29) is 12.2 Å². The molecule has 4 aliphatic carbocycles. The minimum absolute atomic E-state index is 0.0994. The van der Waals surface area contributed by atoms with Gasteiger partial charge in [-0.15, -0.1) is 0 Å². The Bertz CT molecular complexity index is 624. The molecule has 3 saturated carbocycles. The number of allylic oxidation sites excluding steroid dienone is 1. The van der Waals surface area contributed by atoms with Crippen LogP contribution in [0, 0.1) is 46.3 Å². The van der Waals surface area contributed by atoms with Crippen LogP contribution in [0.4, 0.5) is 0 Å². The molecule has 5 unspecified atom stereocenters. The number of hydrogen-bond donors (Lipinski definition) is 2. The van der Waals surface area contributed by atoms with Crippen molar-refractivity contribution in [3.05, 3.63) is 11.6 Å². The van der Waals surface area contributed by atoms with Crippen LogP contribution in [0.1, 0.15) is 98.8 Å². The van der Waals surface area contributed by atoms with Crippen LogP contribution in [0.25, 0.3) is 0 Å². The van der Waals surface area contributed by atoms with Crippen LogP contribution < -0.4 is 0 Å². The zero-order chi connectivity index (χ0) is 21.0. The molecule has 4 rings (SSSR count). The highest BCUT2D eigenvalue weighted by molar-refractivity contribution is 5.25. The molecule has 2 heteroatoms. The van der Waals surface area contributed by atoms with Gasteiger partial charge in [-0.1, -0.05) is 46.3 Å². The minimum Gasteiger partial charge on any atom is -0.393 e. The van der Waals surface area contributed by atoms with Gasteiger partial charge in [-0.25, -0.2) is 0 Å². The predicted octanol–water partition coefficient (Wildman–Crippen LogP) is 6.36. The molecule has 0 aliphatic heterocycles. The summed E-state index contributed by atoms with van der Waals surface area (Å²) in [4.78, 5) is 0. The maximum Gasteiger partial charge on any atom is 0.0577 e. The molecule has 0 aromatic carbocycles. The van der Waals surface area contributed by atoms with Crippen molar-refractivity contribution in [2.45, 2.75) is 111 Å². The molecule has 0 spiro atoms. The summed E-state index contributed by atoms with van der Waals surface area (Å²) in [6.07, 6.45) is 14.4. The number of rotatable bonds is 5. The van der Waals surface area contributed by atoms with Crippen LogP contribution in [0.15, 0.2) is 11.6 Å². The first-order valence-electron chi connectivity index (χ1n) is 12.7. The molecule has 3 fully saturated rings. The van der Waals surface area contributed by atoms with Crippen LogP contribution in [0.2, 0.25) is 0 Å². The first kappa shape index (κ1) is 21.9. The number of aliphatic hydroxyl groups is 2. The summed E-state index contributed by atoms with van der Waals surface area (Å²) in [5.74, 6) is 4.51. The van der Waals surface area contributed by atoms with Crippen molar-refractivity contribution in [2.24, 2.45) is 46.3 Å². The van der Waals surface area contributed by atoms with Gasteiger partial charge in [0, 0.05) is 0 Å². The molecule has 0 aromatic rings. The van der Waals surface area contributed by atoms with Crippen molar-refractivity contribution in [3.8, 4) is 0 Å². The van der Waals surface area contributed by atoms with E-state index in [2.05, 4.69) is 40.7 Å². The second kappa shape index (κ2) is 7.97. The molecule has 4 aliphatic rings. The molecule has 9 atom stereocenters. The molecule has 0 amide bonds. The van der Waals surface area contributed by atoms with E-state index in [4.69, 9.17) is 0 Å². The number of aliphatic hydroxyl groups excluding tert-OH is 2. The van der Waals surface area contributed by atoms with Gasteiger partial charge in [-0.2, -0.15) is 0 Å². The van der Waals surface area contributed by atoms with E-state index in [1.165, 1.54) is 44.9 Å². The molecule has 2 N–H and O–H groups in total. The summed E-state index contributed by atoms with van der Waals surface area (Å²) in [6, 6.07) is 0. The maximum absolute atomic E-state index is 10.3. The molecule has 0 heterocycles. The highest BCUT2D eigenvalue weighted by Crippen LogP contribution is 2.67. The Hall–Kier alpha value is -0.340. The van der Waals surface area contributed by atoms with E-state index in [1.807, 2.05) is 0 Å². The van der Waals surface area contributed by atoms with Crippen molar-refractivity contribution < 1.29 is 10.2 Å². The SMILES string of the molecule is CC(C)C(O)CC[C@@H](C)C1CCC2C3CC=C4C[C@@H](O)CC[C@]4(C)C3CC[C@@]21C. The van der Waals surface area contributed by atoms with Crippen molar-refractivity contribution in [2.75, 3.05) is 0 Å². The van der Waals surface area contributed by atoms with E-state index in [0.29, 0.717) is 16.7 Å². The van der Waals surface area contributed by atoms with Gasteiger partial charge in [0.1, 0.15) is 0 Å². The molecule has 2 nitrogen and oxygen atoms in total. The van der Waals surface area contributed by atoms with Gasteiger partial charge in [0.25, 0.3) is 0 Å². The molecule has 0 bridgehead atoms. The van der Waals surface area contributed by atoms with Crippen molar-refractivity contribution >= 4 is 0 Å². The highest BCUT2D eigenvalue weighted by Gasteiger charge is 2.59. The van der Waals surface area contributed by atoms with Crippen molar-refractivity contribution in [1.82, 2.24) is 0 Å². The Labute approximate surface area is 179 Å². The minimum atomic E-state index is -0.137. The monoisotopic (exact) mass is 402 g/mol. The fourth-order valence-electron chi connectivity index (χ4n) is 8.59.